The summed E-state index contributed by atoms with van der Waals surface area (Å²) in [7, 11) is 4.75. The first-order valence-corrected chi connectivity index (χ1v) is 9.09. The summed E-state index contributed by atoms with van der Waals surface area (Å²) in [5.41, 5.74) is 0. The minimum Gasteiger partial charge on any atom is -0.494 e. The highest BCUT2D eigenvalue weighted by Gasteiger charge is 2.23. The van der Waals surface area contributed by atoms with Gasteiger partial charge in [0, 0.05) is 16.2 Å². The molecular formula is C18H26N2O4S. The van der Waals surface area contributed by atoms with Gasteiger partial charge in [-0.3, -0.25) is 9.69 Å². The summed E-state index contributed by atoms with van der Waals surface area (Å²) in [5, 5.41) is 3.88. The molecule has 2 rings (SSSR count). The molecule has 0 bridgehead atoms. The molecule has 1 N–H and O–H groups in total. The van der Waals surface area contributed by atoms with Crippen molar-refractivity contribution < 1.29 is 19.0 Å². The molecule has 0 fully saturated rings. The van der Waals surface area contributed by atoms with Gasteiger partial charge in [-0.25, -0.2) is 0 Å². The van der Waals surface area contributed by atoms with Gasteiger partial charge in [-0.1, -0.05) is 13.8 Å². The molecule has 1 heterocycles. The number of thiophene rings is 1. The first kappa shape index (κ1) is 19.3. The summed E-state index contributed by atoms with van der Waals surface area (Å²) in [6.45, 7) is 7.87. The molecule has 7 heteroatoms. The number of rotatable bonds is 8. The highest BCUT2D eigenvalue weighted by molar-refractivity contribution is 7.21. The van der Waals surface area contributed by atoms with E-state index in [1.165, 1.54) is 11.3 Å². The third kappa shape index (κ3) is 3.82. The summed E-state index contributed by atoms with van der Waals surface area (Å²) < 4.78 is 17.1. The van der Waals surface area contributed by atoms with Gasteiger partial charge in [0.1, 0.15) is 10.6 Å². The van der Waals surface area contributed by atoms with Gasteiger partial charge in [0.05, 0.1) is 27.5 Å². The highest BCUT2D eigenvalue weighted by atomic mass is 32.1. The zero-order chi connectivity index (χ0) is 18.6. The number of carbonyl (C=O) groups excluding carboxylic acids is 1. The second-order valence-corrected chi connectivity index (χ2v) is 6.59. The molecule has 1 aromatic carbocycles. The molecule has 0 saturated carbocycles. The Morgan fingerprint density at radius 3 is 2.24 bits per heavy atom. The maximum Gasteiger partial charge on any atom is 0.266 e. The fraction of sp³-hybridized carbons (Fsp3) is 0.500. The second kappa shape index (κ2) is 8.40. The SMILES string of the molecule is CCN(CC)C(C)NC(=O)c1sc2cc(OC)c(OC)cc2c1OC. The van der Waals surface area contributed by atoms with E-state index in [0.29, 0.717) is 22.1 Å². The number of methoxy groups -OCH3 is 3. The van der Waals surface area contributed by atoms with Crippen LogP contribution >= 0.6 is 11.3 Å². The Hall–Kier alpha value is -1.99. The highest BCUT2D eigenvalue weighted by Crippen LogP contribution is 2.43. The van der Waals surface area contributed by atoms with Gasteiger partial charge in [0.25, 0.3) is 5.91 Å². The number of hydrogen-bond acceptors (Lipinski definition) is 6. The summed E-state index contributed by atoms with van der Waals surface area (Å²) in [6.07, 6.45) is -0.0542. The molecule has 0 aliphatic rings. The number of nitrogens with one attached hydrogen (secondary N) is 1. The van der Waals surface area contributed by atoms with Crippen LogP contribution in [0.15, 0.2) is 12.1 Å². The van der Waals surface area contributed by atoms with Crippen molar-refractivity contribution in [3.8, 4) is 17.2 Å². The predicted octanol–water partition coefficient (Wildman–Crippen LogP) is 3.34. The van der Waals surface area contributed by atoms with Crippen LogP contribution in [0.1, 0.15) is 30.4 Å². The first-order chi connectivity index (χ1) is 12.0. The van der Waals surface area contributed by atoms with Crippen LogP contribution in [0.3, 0.4) is 0 Å². The molecule has 6 nitrogen and oxygen atoms in total. The van der Waals surface area contributed by atoms with Crippen molar-refractivity contribution in [1.29, 1.82) is 0 Å². The number of benzene rings is 1. The molecule has 0 radical (unpaired) electrons. The molecule has 1 amide bonds. The van der Waals surface area contributed by atoms with E-state index in [1.54, 1.807) is 21.3 Å². The van der Waals surface area contributed by atoms with Crippen LogP contribution in [-0.2, 0) is 0 Å². The Bertz CT molecular complexity index is 740. The Morgan fingerprint density at radius 1 is 1.12 bits per heavy atom. The smallest absolute Gasteiger partial charge is 0.266 e. The molecule has 25 heavy (non-hydrogen) atoms. The largest absolute Gasteiger partial charge is 0.494 e. The van der Waals surface area contributed by atoms with Crippen molar-refractivity contribution in [3.63, 3.8) is 0 Å². The Labute approximate surface area is 152 Å². The lowest BCUT2D eigenvalue weighted by Gasteiger charge is -2.26. The molecule has 0 saturated heterocycles. The van der Waals surface area contributed by atoms with Gasteiger partial charge in [0.2, 0.25) is 0 Å². The summed E-state index contributed by atoms with van der Waals surface area (Å²) in [6, 6.07) is 3.71. The molecule has 1 aromatic heterocycles. The first-order valence-electron chi connectivity index (χ1n) is 8.28. The third-order valence-corrected chi connectivity index (χ3v) is 5.39. The minimum absolute atomic E-state index is 0.0542. The number of amides is 1. The quantitative estimate of drug-likeness (QED) is 0.726. The van der Waals surface area contributed by atoms with Crippen molar-refractivity contribution in [2.24, 2.45) is 0 Å². The van der Waals surface area contributed by atoms with Crippen molar-refractivity contribution >= 4 is 27.3 Å². The van der Waals surface area contributed by atoms with Gasteiger partial charge in [0.15, 0.2) is 11.5 Å². The van der Waals surface area contributed by atoms with Crippen molar-refractivity contribution in [2.75, 3.05) is 34.4 Å². The lowest BCUT2D eigenvalue weighted by molar-refractivity contribution is 0.0876. The fourth-order valence-electron chi connectivity index (χ4n) is 2.87. The van der Waals surface area contributed by atoms with Gasteiger partial charge < -0.3 is 19.5 Å². The van der Waals surface area contributed by atoms with E-state index >= 15 is 0 Å². The summed E-state index contributed by atoms with van der Waals surface area (Å²) in [5.74, 6) is 1.65. The van der Waals surface area contributed by atoms with Crippen LogP contribution in [0.4, 0.5) is 0 Å². The average molecular weight is 366 g/mol. The maximum atomic E-state index is 12.8. The molecule has 1 atom stereocenters. The molecule has 1 unspecified atom stereocenters. The normalized spacial score (nSPS) is 12.3. The lowest BCUT2D eigenvalue weighted by atomic mass is 10.2. The van der Waals surface area contributed by atoms with Gasteiger partial charge in [-0.05, 0) is 26.1 Å². The average Bonchev–Trinajstić information content (AvgIpc) is 2.98. The number of ether oxygens (including phenoxy) is 3. The van der Waals surface area contributed by atoms with Crippen molar-refractivity contribution in [2.45, 2.75) is 26.9 Å². The van der Waals surface area contributed by atoms with Crippen LogP contribution in [0.2, 0.25) is 0 Å². The zero-order valence-corrected chi connectivity index (χ0v) is 16.5. The predicted molar refractivity (Wildman–Crippen MR) is 101 cm³/mol. The standard InChI is InChI=1S/C18H26N2O4S/c1-7-20(8-2)11(3)19-18(21)17-16(24-6)12-9-13(22-4)14(23-5)10-15(12)25-17/h9-11H,7-8H2,1-6H3,(H,19,21). The van der Waals surface area contributed by atoms with Crippen LogP contribution in [0, 0.1) is 0 Å². The van der Waals surface area contributed by atoms with E-state index < -0.39 is 0 Å². The van der Waals surface area contributed by atoms with Gasteiger partial charge in [-0.2, -0.15) is 0 Å². The van der Waals surface area contributed by atoms with E-state index in [1.807, 2.05) is 19.1 Å². The van der Waals surface area contributed by atoms with Crippen molar-refractivity contribution in [3.05, 3.63) is 17.0 Å². The molecule has 2 aromatic rings. The summed E-state index contributed by atoms with van der Waals surface area (Å²) >= 11 is 1.38. The Morgan fingerprint density at radius 2 is 1.72 bits per heavy atom. The van der Waals surface area contributed by atoms with Crippen LogP contribution in [0.5, 0.6) is 17.2 Å². The minimum atomic E-state index is -0.143. The lowest BCUT2D eigenvalue weighted by Crippen LogP contribution is -2.45. The second-order valence-electron chi connectivity index (χ2n) is 5.54. The number of fused-ring (bicyclic) bond motifs is 1. The molecule has 0 spiro atoms. The van der Waals surface area contributed by atoms with Gasteiger partial charge in [-0.15, -0.1) is 11.3 Å². The Balaban J connectivity index is 2.42. The Kier molecular flexibility index (Phi) is 6.50. The monoisotopic (exact) mass is 366 g/mol. The van der Waals surface area contributed by atoms with E-state index in [0.717, 1.165) is 23.2 Å². The van der Waals surface area contributed by atoms with Crippen LogP contribution in [-0.4, -0.2) is 51.4 Å². The topological polar surface area (TPSA) is 60.0 Å². The molecule has 138 valence electrons. The number of carbonyl (C=O) groups is 1. The van der Waals surface area contributed by atoms with Crippen molar-refractivity contribution in [1.82, 2.24) is 10.2 Å². The molecule has 0 aliphatic heterocycles. The van der Waals surface area contributed by atoms with E-state index in [4.69, 9.17) is 14.2 Å². The summed E-state index contributed by atoms with van der Waals surface area (Å²) in [4.78, 5) is 15.5. The fourth-order valence-corrected chi connectivity index (χ4v) is 3.96. The van der Waals surface area contributed by atoms with Gasteiger partial charge >= 0.3 is 0 Å². The van der Waals surface area contributed by atoms with Crippen LogP contribution in [0.25, 0.3) is 10.1 Å². The third-order valence-electron chi connectivity index (χ3n) is 4.26. The molecular weight excluding hydrogens is 340 g/mol. The maximum absolute atomic E-state index is 12.8. The van der Waals surface area contributed by atoms with E-state index in [9.17, 15) is 4.79 Å². The number of nitrogens with zero attached hydrogens (tertiary/aromatic N) is 1. The molecule has 0 aliphatic carbocycles. The number of hydrogen-bond donors (Lipinski definition) is 1. The zero-order valence-electron chi connectivity index (χ0n) is 15.6. The van der Waals surface area contributed by atoms with E-state index in [-0.39, 0.29) is 12.1 Å². The van der Waals surface area contributed by atoms with E-state index in [2.05, 4.69) is 24.1 Å². The van der Waals surface area contributed by atoms with Crippen LogP contribution < -0.4 is 19.5 Å².